The Labute approximate surface area is 105 Å². The highest BCUT2D eigenvalue weighted by atomic mass is 16.2. The molecule has 98 valence electrons. The number of nitrogens with one attached hydrogen (secondary N) is 1. The minimum Gasteiger partial charge on any atom is -0.342 e. The van der Waals surface area contributed by atoms with Crippen molar-refractivity contribution in [3.63, 3.8) is 0 Å². The number of nitriles is 1. The van der Waals surface area contributed by atoms with E-state index in [4.69, 9.17) is 5.26 Å². The van der Waals surface area contributed by atoms with Crippen LogP contribution in [0, 0.1) is 16.7 Å². The molecule has 1 N–H and O–H groups in total. The van der Waals surface area contributed by atoms with Crippen LogP contribution in [-0.2, 0) is 4.79 Å². The number of hydrogen-bond acceptors (Lipinski definition) is 3. The molecule has 0 saturated carbocycles. The first-order chi connectivity index (χ1) is 7.96. The summed E-state index contributed by atoms with van der Waals surface area (Å²) in [6.07, 6.45) is 1.78. The fourth-order valence-electron chi connectivity index (χ4n) is 1.59. The van der Waals surface area contributed by atoms with Gasteiger partial charge in [0.25, 0.3) is 0 Å². The van der Waals surface area contributed by atoms with Gasteiger partial charge in [0.05, 0.1) is 18.0 Å². The van der Waals surface area contributed by atoms with E-state index in [1.165, 1.54) is 0 Å². The van der Waals surface area contributed by atoms with Crippen LogP contribution in [0.4, 0.5) is 0 Å². The van der Waals surface area contributed by atoms with Crippen molar-refractivity contribution < 1.29 is 4.79 Å². The summed E-state index contributed by atoms with van der Waals surface area (Å²) < 4.78 is 0. The molecule has 0 radical (unpaired) electrons. The number of rotatable bonds is 8. The molecule has 1 amide bonds. The molecule has 0 aliphatic rings. The Bertz CT molecular complexity index is 264. The number of hydrogen-bond donors (Lipinski definition) is 1. The quantitative estimate of drug-likeness (QED) is 0.657. The van der Waals surface area contributed by atoms with E-state index in [-0.39, 0.29) is 11.3 Å². The van der Waals surface area contributed by atoms with E-state index in [1.807, 2.05) is 32.6 Å². The second-order valence-electron chi connectivity index (χ2n) is 4.84. The zero-order valence-corrected chi connectivity index (χ0v) is 11.5. The molecule has 0 bridgehead atoms. The molecule has 0 atom stereocenters. The number of likely N-dealkylation sites (N-methyl/N-ethyl adjacent to an activating group) is 1. The van der Waals surface area contributed by atoms with Gasteiger partial charge in [-0.25, -0.2) is 0 Å². The lowest BCUT2D eigenvalue weighted by atomic mass is 9.90. The first-order valence-electron chi connectivity index (χ1n) is 6.36. The average molecular weight is 239 g/mol. The third-order valence-corrected chi connectivity index (χ3v) is 2.85. The fourth-order valence-corrected chi connectivity index (χ4v) is 1.59. The van der Waals surface area contributed by atoms with Crippen LogP contribution in [0.5, 0.6) is 0 Å². The predicted octanol–water partition coefficient (Wildman–Crippen LogP) is 1.77. The van der Waals surface area contributed by atoms with E-state index in [9.17, 15) is 4.79 Å². The molecule has 0 heterocycles. The summed E-state index contributed by atoms with van der Waals surface area (Å²) in [6, 6.07) is 2.27. The van der Waals surface area contributed by atoms with Crippen LogP contribution >= 0.6 is 0 Å². The SMILES string of the molecule is CCN(CC)C(=O)CNCCCC(C)(C)C#N. The van der Waals surface area contributed by atoms with Gasteiger partial charge in [0.1, 0.15) is 0 Å². The number of amides is 1. The molecule has 0 aliphatic heterocycles. The number of carbonyl (C=O) groups excluding carboxylic acids is 1. The molecule has 0 saturated heterocycles. The summed E-state index contributed by atoms with van der Waals surface area (Å²) in [6.45, 7) is 10.6. The Kier molecular flexibility index (Phi) is 7.56. The average Bonchev–Trinajstić information content (AvgIpc) is 2.30. The standard InChI is InChI=1S/C13H25N3O/c1-5-16(6-2)12(17)10-15-9-7-8-13(3,4)11-14/h15H,5-10H2,1-4H3. The van der Waals surface area contributed by atoms with Gasteiger partial charge in [-0.15, -0.1) is 0 Å². The zero-order valence-electron chi connectivity index (χ0n) is 11.5. The molecule has 17 heavy (non-hydrogen) atoms. The normalized spacial score (nSPS) is 11.0. The number of carbonyl (C=O) groups is 1. The zero-order chi connectivity index (χ0) is 13.3. The smallest absolute Gasteiger partial charge is 0.236 e. The Morgan fingerprint density at radius 2 is 1.94 bits per heavy atom. The minimum atomic E-state index is -0.259. The highest BCUT2D eigenvalue weighted by Crippen LogP contribution is 2.19. The molecule has 4 nitrogen and oxygen atoms in total. The van der Waals surface area contributed by atoms with E-state index in [0.29, 0.717) is 6.54 Å². The molecule has 4 heteroatoms. The van der Waals surface area contributed by atoms with Crippen molar-refractivity contribution in [2.75, 3.05) is 26.2 Å². The van der Waals surface area contributed by atoms with Crippen molar-refractivity contribution in [2.45, 2.75) is 40.5 Å². The van der Waals surface area contributed by atoms with Gasteiger partial charge in [0.2, 0.25) is 5.91 Å². The molecule has 0 aliphatic carbocycles. The van der Waals surface area contributed by atoms with Crippen molar-refractivity contribution in [1.82, 2.24) is 10.2 Å². The summed E-state index contributed by atoms with van der Waals surface area (Å²) in [4.78, 5) is 13.4. The van der Waals surface area contributed by atoms with Crippen molar-refractivity contribution in [3.8, 4) is 6.07 Å². The molecule has 0 aromatic heterocycles. The van der Waals surface area contributed by atoms with Crippen molar-refractivity contribution in [3.05, 3.63) is 0 Å². The van der Waals surface area contributed by atoms with Crippen LogP contribution in [0.25, 0.3) is 0 Å². The lowest BCUT2D eigenvalue weighted by molar-refractivity contribution is -0.129. The minimum absolute atomic E-state index is 0.148. The van der Waals surface area contributed by atoms with E-state index in [0.717, 1.165) is 32.5 Å². The fraction of sp³-hybridized carbons (Fsp3) is 0.846. The molecular weight excluding hydrogens is 214 g/mol. The van der Waals surface area contributed by atoms with Crippen LogP contribution in [0.15, 0.2) is 0 Å². The van der Waals surface area contributed by atoms with Gasteiger partial charge in [0, 0.05) is 13.1 Å². The van der Waals surface area contributed by atoms with Crippen LogP contribution < -0.4 is 5.32 Å². The van der Waals surface area contributed by atoms with Crippen molar-refractivity contribution in [2.24, 2.45) is 5.41 Å². The largest absolute Gasteiger partial charge is 0.342 e. The van der Waals surface area contributed by atoms with Crippen LogP contribution in [0.3, 0.4) is 0 Å². The van der Waals surface area contributed by atoms with Gasteiger partial charge >= 0.3 is 0 Å². The van der Waals surface area contributed by atoms with E-state index >= 15 is 0 Å². The van der Waals surface area contributed by atoms with Gasteiger partial charge in [0.15, 0.2) is 0 Å². The highest BCUT2D eigenvalue weighted by molar-refractivity contribution is 5.78. The molecule has 0 unspecified atom stereocenters. The Morgan fingerprint density at radius 3 is 2.41 bits per heavy atom. The van der Waals surface area contributed by atoms with Crippen molar-refractivity contribution in [1.29, 1.82) is 5.26 Å². The van der Waals surface area contributed by atoms with Gasteiger partial charge in [-0.3, -0.25) is 4.79 Å². The van der Waals surface area contributed by atoms with Crippen LogP contribution in [0.1, 0.15) is 40.5 Å². The summed E-state index contributed by atoms with van der Waals surface area (Å²) in [5, 5.41) is 12.0. The second kappa shape index (κ2) is 8.08. The Morgan fingerprint density at radius 1 is 1.35 bits per heavy atom. The Balaban J connectivity index is 3.66. The Hall–Kier alpha value is -1.08. The molecule has 0 fully saturated rings. The van der Waals surface area contributed by atoms with Gasteiger partial charge < -0.3 is 10.2 Å². The molecule has 0 spiro atoms. The van der Waals surface area contributed by atoms with Gasteiger partial charge in [-0.05, 0) is 47.1 Å². The lowest BCUT2D eigenvalue weighted by Gasteiger charge is -2.19. The van der Waals surface area contributed by atoms with Crippen molar-refractivity contribution >= 4 is 5.91 Å². The van der Waals surface area contributed by atoms with Crippen LogP contribution in [0.2, 0.25) is 0 Å². The second-order valence-corrected chi connectivity index (χ2v) is 4.84. The monoisotopic (exact) mass is 239 g/mol. The maximum absolute atomic E-state index is 11.6. The maximum atomic E-state index is 11.6. The third kappa shape index (κ3) is 6.96. The van der Waals surface area contributed by atoms with Crippen LogP contribution in [-0.4, -0.2) is 37.0 Å². The third-order valence-electron chi connectivity index (χ3n) is 2.85. The van der Waals surface area contributed by atoms with E-state index in [2.05, 4.69) is 11.4 Å². The summed E-state index contributed by atoms with van der Waals surface area (Å²) in [7, 11) is 0. The predicted molar refractivity (Wildman–Crippen MR) is 69.4 cm³/mol. The highest BCUT2D eigenvalue weighted by Gasteiger charge is 2.15. The summed E-state index contributed by atoms with van der Waals surface area (Å²) in [5.41, 5.74) is -0.259. The van der Waals surface area contributed by atoms with Gasteiger partial charge in [-0.2, -0.15) is 5.26 Å². The molecule has 0 aromatic carbocycles. The first kappa shape index (κ1) is 15.9. The first-order valence-corrected chi connectivity index (χ1v) is 6.36. The molecule has 0 rings (SSSR count). The van der Waals surface area contributed by atoms with E-state index < -0.39 is 0 Å². The van der Waals surface area contributed by atoms with Gasteiger partial charge in [-0.1, -0.05) is 0 Å². The maximum Gasteiger partial charge on any atom is 0.236 e. The molecular formula is C13H25N3O. The summed E-state index contributed by atoms with van der Waals surface area (Å²) >= 11 is 0. The lowest BCUT2D eigenvalue weighted by Crippen LogP contribution is -2.38. The summed E-state index contributed by atoms with van der Waals surface area (Å²) in [5.74, 6) is 0.148. The molecule has 0 aromatic rings. The topological polar surface area (TPSA) is 56.1 Å². The number of nitrogens with zero attached hydrogens (tertiary/aromatic N) is 2. The van der Waals surface area contributed by atoms with E-state index in [1.54, 1.807) is 0 Å².